The highest BCUT2D eigenvalue weighted by atomic mass is 32.1. The summed E-state index contributed by atoms with van der Waals surface area (Å²) in [4.78, 5) is 16.3. The number of benzene rings is 1. The molecule has 8 atom stereocenters. The average Bonchev–Trinajstić information content (AvgIpc) is 3.58. The van der Waals surface area contributed by atoms with Crippen molar-refractivity contribution in [3.8, 4) is 0 Å². The minimum atomic E-state index is -0.852. The number of aromatic nitrogens is 1. The van der Waals surface area contributed by atoms with Crippen molar-refractivity contribution in [1.82, 2.24) is 10.3 Å². The molecule has 2 aromatic rings. The number of thiazole rings is 1. The standard InChI is InChI=1S/C38H52N2O2S/c1-24-40-27(23-43-24)22-39-38-17-7-8-30(38)29-13-14-32-35(4)18-15-28(25-9-11-26(12-10-25)33(41)42)34(2,3)31(35)16-19-37(32,6)36(29,5)20-21-38/h9-12,15,23,29-32,39H,7-8,13-14,16-22H2,1-6H3,(H,41,42)/t29?,30?,31?,32?,35?,36-,37-,38+/m1/s1. The molecular weight excluding hydrogens is 548 g/mol. The molecule has 0 radical (unpaired) electrons. The normalized spacial score (nSPS) is 41.4. The Balaban J connectivity index is 1.17. The van der Waals surface area contributed by atoms with E-state index in [0.717, 1.165) is 30.7 Å². The van der Waals surface area contributed by atoms with E-state index in [4.69, 9.17) is 4.98 Å². The highest BCUT2D eigenvalue weighted by Gasteiger charge is 2.69. The highest BCUT2D eigenvalue weighted by Crippen LogP contribution is 2.76. The molecule has 0 saturated heterocycles. The van der Waals surface area contributed by atoms with Crippen molar-refractivity contribution in [2.75, 3.05) is 0 Å². The monoisotopic (exact) mass is 600 g/mol. The minimum absolute atomic E-state index is 0.0575. The topological polar surface area (TPSA) is 62.2 Å². The van der Waals surface area contributed by atoms with Gasteiger partial charge in [0, 0.05) is 17.5 Å². The summed E-state index contributed by atoms with van der Waals surface area (Å²) in [6.07, 6.45) is 15.8. The summed E-state index contributed by atoms with van der Waals surface area (Å²) in [5.74, 6) is 2.12. The molecule has 4 saturated carbocycles. The van der Waals surface area contributed by atoms with Crippen molar-refractivity contribution in [1.29, 1.82) is 0 Å². The lowest BCUT2D eigenvalue weighted by Crippen LogP contribution is -2.67. The van der Waals surface area contributed by atoms with Gasteiger partial charge in [-0.1, -0.05) is 59.2 Å². The largest absolute Gasteiger partial charge is 0.478 e. The predicted molar refractivity (Wildman–Crippen MR) is 176 cm³/mol. The zero-order valence-corrected chi connectivity index (χ0v) is 28.1. The lowest BCUT2D eigenvalue weighted by molar-refractivity contribution is -0.217. The van der Waals surface area contributed by atoms with Crippen LogP contribution in [0.2, 0.25) is 0 Å². The fourth-order valence-corrected chi connectivity index (χ4v) is 13.1. The quantitative estimate of drug-likeness (QED) is 0.359. The Morgan fingerprint density at radius 2 is 1.70 bits per heavy atom. The lowest BCUT2D eigenvalue weighted by atomic mass is 9.33. The number of rotatable bonds is 5. The number of carboxylic acids is 1. The van der Waals surface area contributed by atoms with Crippen LogP contribution in [0.15, 0.2) is 35.7 Å². The van der Waals surface area contributed by atoms with Crippen molar-refractivity contribution >= 4 is 22.9 Å². The number of fused-ring (bicyclic) bond motifs is 7. The van der Waals surface area contributed by atoms with Crippen LogP contribution in [0.3, 0.4) is 0 Å². The Hall–Kier alpha value is -1.98. The molecule has 5 unspecified atom stereocenters. The van der Waals surface area contributed by atoms with Gasteiger partial charge in [-0.3, -0.25) is 0 Å². The van der Waals surface area contributed by atoms with Crippen LogP contribution in [0.1, 0.15) is 125 Å². The number of carbonyl (C=O) groups is 1. The fourth-order valence-electron chi connectivity index (χ4n) is 12.5. The van der Waals surface area contributed by atoms with E-state index in [1.807, 2.05) is 12.1 Å². The maximum Gasteiger partial charge on any atom is 0.335 e. The van der Waals surface area contributed by atoms with Crippen LogP contribution < -0.4 is 5.32 Å². The van der Waals surface area contributed by atoms with E-state index in [2.05, 4.69) is 58.3 Å². The van der Waals surface area contributed by atoms with Gasteiger partial charge in [0.2, 0.25) is 0 Å². The van der Waals surface area contributed by atoms with Crippen molar-refractivity contribution < 1.29 is 9.90 Å². The molecule has 0 amide bonds. The summed E-state index contributed by atoms with van der Waals surface area (Å²) in [6.45, 7) is 16.1. The van der Waals surface area contributed by atoms with E-state index >= 15 is 0 Å². The highest BCUT2D eigenvalue weighted by molar-refractivity contribution is 7.09. The molecule has 1 heterocycles. The Labute approximate surface area is 263 Å². The molecule has 1 aromatic heterocycles. The third-order valence-electron chi connectivity index (χ3n) is 14.7. The van der Waals surface area contributed by atoms with Gasteiger partial charge in [-0.25, -0.2) is 9.78 Å². The fraction of sp³-hybridized carbons (Fsp3) is 0.684. The third kappa shape index (κ3) is 4.22. The zero-order valence-electron chi connectivity index (χ0n) is 27.3. The summed E-state index contributed by atoms with van der Waals surface area (Å²) in [7, 11) is 0. The number of hydrogen-bond acceptors (Lipinski definition) is 4. The molecule has 0 bridgehead atoms. The van der Waals surface area contributed by atoms with Gasteiger partial charge < -0.3 is 10.4 Å². The molecule has 5 aliphatic rings. The molecule has 0 aliphatic heterocycles. The van der Waals surface area contributed by atoms with Crippen molar-refractivity contribution in [3.63, 3.8) is 0 Å². The maximum atomic E-state index is 11.5. The zero-order chi connectivity index (χ0) is 30.4. The first-order valence-electron chi connectivity index (χ1n) is 17.0. The molecule has 7 rings (SSSR count). The maximum absolute atomic E-state index is 11.5. The summed E-state index contributed by atoms with van der Waals surface area (Å²) < 4.78 is 0. The van der Waals surface area contributed by atoms with Crippen LogP contribution in [0.5, 0.6) is 0 Å². The van der Waals surface area contributed by atoms with Crippen LogP contribution >= 0.6 is 11.3 Å². The Bertz CT molecular complexity index is 1440. The van der Waals surface area contributed by atoms with E-state index in [9.17, 15) is 9.90 Å². The molecule has 2 N–H and O–H groups in total. The second kappa shape index (κ2) is 10.0. The van der Waals surface area contributed by atoms with E-state index < -0.39 is 5.97 Å². The molecule has 5 aliphatic carbocycles. The van der Waals surface area contributed by atoms with Crippen LogP contribution in [-0.2, 0) is 6.54 Å². The van der Waals surface area contributed by atoms with Crippen LogP contribution in [0, 0.1) is 52.3 Å². The summed E-state index contributed by atoms with van der Waals surface area (Å²) in [5.41, 5.74) is 5.62. The molecule has 0 spiro atoms. The minimum Gasteiger partial charge on any atom is -0.478 e. The number of hydrogen-bond donors (Lipinski definition) is 2. The summed E-state index contributed by atoms with van der Waals surface area (Å²) in [6, 6.07) is 7.64. The second-order valence-corrected chi connectivity index (χ2v) is 17.5. The van der Waals surface area contributed by atoms with Gasteiger partial charge >= 0.3 is 5.97 Å². The van der Waals surface area contributed by atoms with Crippen molar-refractivity contribution in [2.45, 2.75) is 118 Å². The summed E-state index contributed by atoms with van der Waals surface area (Å²) in [5, 5.41) is 17.0. The smallest absolute Gasteiger partial charge is 0.335 e. The van der Waals surface area contributed by atoms with Crippen LogP contribution in [-0.4, -0.2) is 21.6 Å². The summed E-state index contributed by atoms with van der Waals surface area (Å²) >= 11 is 1.78. The third-order valence-corrected chi connectivity index (χ3v) is 15.5. The van der Waals surface area contributed by atoms with E-state index in [0.29, 0.717) is 33.3 Å². The van der Waals surface area contributed by atoms with Crippen molar-refractivity contribution in [2.24, 2.45) is 45.3 Å². The molecule has 4 fully saturated rings. The predicted octanol–water partition coefficient (Wildman–Crippen LogP) is 9.54. The van der Waals surface area contributed by atoms with Gasteiger partial charge in [-0.2, -0.15) is 0 Å². The Morgan fingerprint density at radius 3 is 2.40 bits per heavy atom. The molecule has 4 nitrogen and oxygen atoms in total. The SMILES string of the molecule is Cc1nc(CN[C@]23CCCC2C2CCC4C5(C)CC=C(c6ccc(C(=O)O)cc6)C(C)(C)C5CC[C@@]4(C)[C@]2(C)CC3)cs1. The number of aromatic carboxylic acids is 1. The van der Waals surface area contributed by atoms with Gasteiger partial charge in [-0.15, -0.1) is 11.3 Å². The van der Waals surface area contributed by atoms with E-state index in [-0.39, 0.29) is 5.41 Å². The van der Waals surface area contributed by atoms with Gasteiger partial charge in [0.1, 0.15) is 0 Å². The molecule has 1 aromatic carbocycles. The van der Waals surface area contributed by atoms with E-state index in [1.165, 1.54) is 79.6 Å². The molecule has 232 valence electrons. The van der Waals surface area contributed by atoms with Crippen LogP contribution in [0.25, 0.3) is 5.57 Å². The molecule has 5 heteroatoms. The molecular formula is C38H52N2O2S. The van der Waals surface area contributed by atoms with Crippen molar-refractivity contribution in [3.05, 3.63) is 57.6 Å². The number of aryl methyl sites for hydroxylation is 1. The number of allylic oxidation sites excluding steroid dienone is 2. The van der Waals surface area contributed by atoms with E-state index in [1.54, 1.807) is 23.5 Å². The average molecular weight is 601 g/mol. The first-order chi connectivity index (χ1) is 20.3. The molecule has 43 heavy (non-hydrogen) atoms. The Morgan fingerprint density at radius 1 is 0.930 bits per heavy atom. The van der Waals surface area contributed by atoms with Gasteiger partial charge in [0.05, 0.1) is 16.3 Å². The second-order valence-electron chi connectivity index (χ2n) is 16.5. The first-order valence-corrected chi connectivity index (χ1v) is 17.9. The first kappa shape index (κ1) is 29.7. The Kier molecular flexibility index (Phi) is 6.92. The lowest BCUT2D eigenvalue weighted by Gasteiger charge is -2.72. The van der Waals surface area contributed by atoms with Gasteiger partial charge in [-0.05, 0) is 133 Å². The number of nitrogens with one attached hydrogen (secondary N) is 1. The van der Waals surface area contributed by atoms with Crippen LogP contribution in [0.4, 0.5) is 0 Å². The number of nitrogens with zero attached hydrogens (tertiary/aromatic N) is 1. The number of carboxylic acid groups (broad SMARTS) is 1. The van der Waals surface area contributed by atoms with Gasteiger partial charge in [0.15, 0.2) is 0 Å². The van der Waals surface area contributed by atoms with Gasteiger partial charge in [0.25, 0.3) is 0 Å².